The number of benzene rings is 3. The Kier molecular flexibility index (Phi) is 6.14. The molecule has 1 aliphatic rings. The predicted octanol–water partition coefficient (Wildman–Crippen LogP) is 4.41. The molecular formula is C25H26O5S. The summed E-state index contributed by atoms with van der Waals surface area (Å²) in [5, 5.41) is 9.97. The fourth-order valence-corrected chi connectivity index (χ4v) is 5.91. The molecule has 3 aromatic carbocycles. The number of rotatable bonds is 5. The minimum absolute atomic E-state index is 0.0759. The highest BCUT2D eigenvalue weighted by Gasteiger charge is 2.45. The number of aliphatic hydroxyl groups excluding tert-OH is 1. The molecule has 0 amide bonds. The third kappa shape index (κ3) is 4.37. The van der Waals surface area contributed by atoms with Gasteiger partial charge >= 0.3 is 0 Å². The molecule has 3 aromatic rings. The molecule has 1 saturated heterocycles. The molecule has 0 saturated carbocycles. The summed E-state index contributed by atoms with van der Waals surface area (Å²) in [6.07, 6.45) is -2.21. The summed E-state index contributed by atoms with van der Waals surface area (Å²) < 4.78 is 38.7. The maximum atomic E-state index is 13.6. The zero-order valence-corrected chi connectivity index (χ0v) is 18.3. The van der Waals surface area contributed by atoms with E-state index in [4.69, 9.17) is 9.47 Å². The van der Waals surface area contributed by atoms with Crippen molar-refractivity contribution in [1.82, 2.24) is 0 Å². The van der Waals surface area contributed by atoms with Crippen LogP contribution in [0.4, 0.5) is 0 Å². The highest BCUT2D eigenvalue weighted by atomic mass is 32.2. The molecule has 5 nitrogen and oxygen atoms in total. The molecule has 6 heteroatoms. The third-order valence-electron chi connectivity index (χ3n) is 5.77. The van der Waals surface area contributed by atoms with Gasteiger partial charge in [-0.1, -0.05) is 60.2 Å². The van der Waals surface area contributed by atoms with E-state index in [-0.39, 0.29) is 11.3 Å². The summed E-state index contributed by atoms with van der Waals surface area (Å²) >= 11 is 0. The Morgan fingerprint density at radius 2 is 1.48 bits per heavy atom. The van der Waals surface area contributed by atoms with Crippen molar-refractivity contribution >= 4 is 9.84 Å². The van der Waals surface area contributed by atoms with Crippen LogP contribution in [0.3, 0.4) is 0 Å². The van der Waals surface area contributed by atoms with Gasteiger partial charge in [-0.25, -0.2) is 8.42 Å². The van der Waals surface area contributed by atoms with Gasteiger partial charge in [-0.05, 0) is 48.7 Å². The second kappa shape index (κ2) is 8.83. The number of ether oxygens (including phenoxy) is 2. The smallest absolute Gasteiger partial charge is 0.184 e. The quantitative estimate of drug-likeness (QED) is 0.639. The maximum Gasteiger partial charge on any atom is 0.184 e. The van der Waals surface area contributed by atoms with Gasteiger partial charge in [0, 0.05) is 0 Å². The Morgan fingerprint density at radius 3 is 2.10 bits per heavy atom. The van der Waals surface area contributed by atoms with E-state index in [1.54, 1.807) is 43.5 Å². The van der Waals surface area contributed by atoms with Crippen molar-refractivity contribution in [3.05, 3.63) is 95.6 Å². The van der Waals surface area contributed by atoms with Crippen molar-refractivity contribution in [3.8, 4) is 5.75 Å². The molecule has 0 bridgehead atoms. The molecular weight excluding hydrogens is 412 g/mol. The molecule has 0 unspecified atom stereocenters. The van der Waals surface area contributed by atoms with E-state index in [9.17, 15) is 13.5 Å². The monoisotopic (exact) mass is 438 g/mol. The molecule has 4 atom stereocenters. The summed E-state index contributed by atoms with van der Waals surface area (Å²) in [5.41, 5.74) is 2.53. The van der Waals surface area contributed by atoms with Gasteiger partial charge in [0.25, 0.3) is 0 Å². The van der Waals surface area contributed by atoms with Crippen LogP contribution in [0.15, 0.2) is 83.8 Å². The summed E-state index contributed by atoms with van der Waals surface area (Å²) in [4.78, 5) is 0.232. The van der Waals surface area contributed by atoms with Gasteiger partial charge in [0.15, 0.2) is 9.84 Å². The summed E-state index contributed by atoms with van der Waals surface area (Å²) in [5.74, 6) is 0.678. The molecule has 0 aromatic heterocycles. The molecule has 0 spiro atoms. The van der Waals surface area contributed by atoms with Crippen molar-refractivity contribution in [2.75, 3.05) is 7.11 Å². The third-order valence-corrected chi connectivity index (χ3v) is 7.94. The van der Waals surface area contributed by atoms with Gasteiger partial charge in [0.1, 0.15) is 18.0 Å². The van der Waals surface area contributed by atoms with Crippen molar-refractivity contribution in [2.45, 2.75) is 41.8 Å². The number of hydrogen-bond acceptors (Lipinski definition) is 5. The first-order valence-corrected chi connectivity index (χ1v) is 11.8. The second-order valence-electron chi connectivity index (χ2n) is 7.86. The Balaban J connectivity index is 1.75. The number of sulfone groups is 1. The Hall–Kier alpha value is -2.67. The Morgan fingerprint density at radius 1 is 0.871 bits per heavy atom. The number of hydrogen-bond donors (Lipinski definition) is 1. The molecule has 162 valence electrons. The van der Waals surface area contributed by atoms with Gasteiger partial charge in [-0.2, -0.15) is 0 Å². The van der Waals surface area contributed by atoms with Crippen molar-refractivity contribution in [3.63, 3.8) is 0 Å². The van der Waals surface area contributed by atoms with Crippen LogP contribution < -0.4 is 4.74 Å². The fourth-order valence-electron chi connectivity index (χ4n) is 4.04. The SMILES string of the molecule is COc1ccc([C@@H]2O[C@H](c3ccccc3)[C@@H](O)C[C@@H]2S(=O)(=O)c2ccc(C)cc2)cc1. The van der Waals surface area contributed by atoms with Gasteiger partial charge in [-0.15, -0.1) is 0 Å². The fraction of sp³-hybridized carbons (Fsp3) is 0.280. The van der Waals surface area contributed by atoms with Crippen LogP contribution in [0.1, 0.15) is 35.3 Å². The van der Waals surface area contributed by atoms with E-state index in [1.165, 1.54) is 0 Å². The van der Waals surface area contributed by atoms with Crippen LogP contribution in [-0.4, -0.2) is 32.0 Å². The topological polar surface area (TPSA) is 72.8 Å². The van der Waals surface area contributed by atoms with Gasteiger partial charge in [0.05, 0.1) is 23.4 Å². The highest BCUT2D eigenvalue weighted by Crippen LogP contribution is 2.43. The van der Waals surface area contributed by atoms with Crippen molar-refractivity contribution < 1.29 is 23.0 Å². The Labute approximate surface area is 183 Å². The van der Waals surface area contributed by atoms with Crippen LogP contribution in [0.25, 0.3) is 0 Å². The number of methoxy groups -OCH3 is 1. The lowest BCUT2D eigenvalue weighted by atomic mass is 9.92. The molecule has 0 radical (unpaired) electrons. The van der Waals surface area contributed by atoms with E-state index >= 15 is 0 Å². The standard InChI is InChI=1S/C25H26O5S/c1-17-8-14-21(15-9-17)31(27,28)23-16-22(26)24(18-6-4-3-5-7-18)30-25(23)19-10-12-20(29-2)13-11-19/h3-15,22-26H,16H2,1-2H3/t22-,23-,24+,25-/m0/s1. The average molecular weight is 439 g/mol. The first-order valence-electron chi connectivity index (χ1n) is 10.2. The number of aliphatic hydroxyl groups is 1. The molecule has 1 heterocycles. The van der Waals surface area contributed by atoms with Crippen molar-refractivity contribution in [1.29, 1.82) is 0 Å². The van der Waals surface area contributed by atoms with Crippen LogP contribution in [0.2, 0.25) is 0 Å². The van der Waals surface area contributed by atoms with Gasteiger partial charge < -0.3 is 14.6 Å². The molecule has 1 fully saturated rings. The van der Waals surface area contributed by atoms with E-state index in [2.05, 4.69) is 0 Å². The predicted molar refractivity (Wildman–Crippen MR) is 119 cm³/mol. The summed E-state index contributed by atoms with van der Waals surface area (Å²) in [6.45, 7) is 1.91. The minimum Gasteiger partial charge on any atom is -0.497 e. The van der Waals surface area contributed by atoms with Gasteiger partial charge in [-0.3, -0.25) is 0 Å². The van der Waals surface area contributed by atoms with E-state index < -0.39 is 33.4 Å². The largest absolute Gasteiger partial charge is 0.497 e. The lowest BCUT2D eigenvalue weighted by Gasteiger charge is -2.39. The molecule has 0 aliphatic carbocycles. The van der Waals surface area contributed by atoms with E-state index in [0.29, 0.717) is 5.75 Å². The number of aryl methyl sites for hydroxylation is 1. The molecule has 1 aliphatic heterocycles. The minimum atomic E-state index is -3.75. The molecule has 31 heavy (non-hydrogen) atoms. The zero-order chi connectivity index (χ0) is 22.0. The lowest BCUT2D eigenvalue weighted by molar-refractivity contribution is -0.119. The first kappa shape index (κ1) is 21.6. The maximum absolute atomic E-state index is 13.6. The molecule has 1 N–H and O–H groups in total. The summed E-state index contributed by atoms with van der Waals surface area (Å²) in [7, 11) is -2.16. The molecule has 4 rings (SSSR count). The van der Waals surface area contributed by atoms with Crippen molar-refractivity contribution in [2.24, 2.45) is 0 Å². The lowest BCUT2D eigenvalue weighted by Crippen LogP contribution is -2.42. The second-order valence-corrected chi connectivity index (χ2v) is 10.0. The first-order chi connectivity index (χ1) is 14.9. The normalized spacial score (nSPS) is 24.0. The van der Waals surface area contributed by atoms with E-state index in [1.807, 2.05) is 49.4 Å². The van der Waals surface area contributed by atoms with Gasteiger partial charge in [0.2, 0.25) is 0 Å². The Bertz CT molecular complexity index is 1110. The zero-order valence-electron chi connectivity index (χ0n) is 17.5. The van der Waals surface area contributed by atoms with Crippen LogP contribution in [0.5, 0.6) is 5.75 Å². The average Bonchev–Trinajstić information content (AvgIpc) is 2.80. The van der Waals surface area contributed by atoms with Crippen LogP contribution in [0, 0.1) is 6.92 Å². The van der Waals surface area contributed by atoms with Crippen LogP contribution >= 0.6 is 0 Å². The van der Waals surface area contributed by atoms with E-state index in [0.717, 1.165) is 16.7 Å². The van der Waals surface area contributed by atoms with Crippen LogP contribution in [-0.2, 0) is 14.6 Å². The highest BCUT2D eigenvalue weighted by molar-refractivity contribution is 7.92. The summed E-state index contributed by atoms with van der Waals surface area (Å²) in [6, 6.07) is 23.4.